The Bertz CT molecular complexity index is 450. The second-order valence-corrected chi connectivity index (χ2v) is 5.73. The number of ether oxygens (including phenoxy) is 1. The van der Waals surface area contributed by atoms with Crippen LogP contribution in [0.15, 0.2) is 11.5 Å². The Labute approximate surface area is 109 Å². The van der Waals surface area contributed by atoms with Gasteiger partial charge in [0.15, 0.2) is 5.16 Å². The summed E-state index contributed by atoms with van der Waals surface area (Å²) < 4.78 is 7.33. The van der Waals surface area contributed by atoms with Crippen molar-refractivity contribution < 1.29 is 9.53 Å². The molecule has 1 saturated carbocycles. The molecule has 1 saturated heterocycles. The topological polar surface area (TPSA) is 69.0 Å². The third kappa shape index (κ3) is 2.24. The van der Waals surface area contributed by atoms with Crippen LogP contribution in [0.4, 0.5) is 0 Å². The molecule has 1 aromatic heterocycles. The number of fused-ring (bicyclic) bond motifs is 1. The number of nitrogens with one attached hydrogen (secondary N) is 1. The first-order valence-electron chi connectivity index (χ1n) is 6.12. The lowest BCUT2D eigenvalue weighted by Gasteiger charge is -2.39. The summed E-state index contributed by atoms with van der Waals surface area (Å²) in [5.41, 5.74) is 0. The van der Waals surface area contributed by atoms with Gasteiger partial charge in [-0.3, -0.25) is 4.79 Å². The molecule has 1 aromatic rings. The molecule has 1 aliphatic heterocycles. The molecule has 0 spiro atoms. The van der Waals surface area contributed by atoms with Crippen molar-refractivity contribution in [3.63, 3.8) is 0 Å². The molecule has 1 N–H and O–H groups in total. The maximum atomic E-state index is 11.8. The van der Waals surface area contributed by atoms with E-state index in [-0.39, 0.29) is 5.91 Å². The van der Waals surface area contributed by atoms with E-state index in [2.05, 4.69) is 15.5 Å². The van der Waals surface area contributed by atoms with Gasteiger partial charge in [-0.15, -0.1) is 10.2 Å². The number of carbonyl (C=O) groups is 1. The normalized spacial score (nSPS) is 29.7. The number of carbonyl (C=O) groups excluding carboxylic acids is 1. The summed E-state index contributed by atoms with van der Waals surface area (Å²) in [6.07, 6.45) is 4.06. The second kappa shape index (κ2) is 4.89. The van der Waals surface area contributed by atoms with Crippen molar-refractivity contribution in [2.24, 2.45) is 13.0 Å². The number of rotatable bonds is 4. The number of amides is 1. The molecule has 1 amide bonds. The second-order valence-electron chi connectivity index (χ2n) is 4.78. The highest BCUT2D eigenvalue weighted by Gasteiger charge is 2.45. The summed E-state index contributed by atoms with van der Waals surface area (Å²) in [7, 11) is 1.87. The fourth-order valence-corrected chi connectivity index (χ4v) is 3.24. The van der Waals surface area contributed by atoms with Crippen LogP contribution >= 0.6 is 11.8 Å². The lowest BCUT2D eigenvalue weighted by molar-refractivity contribution is -0.121. The van der Waals surface area contributed by atoms with E-state index in [1.165, 1.54) is 11.8 Å². The van der Waals surface area contributed by atoms with Crippen molar-refractivity contribution in [2.75, 3.05) is 12.4 Å². The van der Waals surface area contributed by atoms with Crippen LogP contribution in [0, 0.1) is 5.92 Å². The van der Waals surface area contributed by atoms with Gasteiger partial charge in [0.1, 0.15) is 6.33 Å². The fourth-order valence-electron chi connectivity index (χ4n) is 2.55. The van der Waals surface area contributed by atoms with Crippen LogP contribution in [0.1, 0.15) is 12.8 Å². The molecule has 0 unspecified atom stereocenters. The molecule has 18 heavy (non-hydrogen) atoms. The lowest BCUT2D eigenvalue weighted by atomic mass is 9.76. The molecule has 7 heteroatoms. The maximum absolute atomic E-state index is 11.8. The summed E-state index contributed by atoms with van der Waals surface area (Å²) in [6.45, 7) is 0.843. The smallest absolute Gasteiger partial charge is 0.230 e. The highest BCUT2D eigenvalue weighted by molar-refractivity contribution is 7.99. The summed E-state index contributed by atoms with van der Waals surface area (Å²) in [5, 5.41) is 11.5. The molecule has 3 atom stereocenters. The molecular formula is C11H16N4O2S. The zero-order valence-electron chi connectivity index (χ0n) is 10.2. The van der Waals surface area contributed by atoms with Gasteiger partial charge in [-0.1, -0.05) is 11.8 Å². The lowest BCUT2D eigenvalue weighted by Crippen LogP contribution is -2.53. The van der Waals surface area contributed by atoms with Gasteiger partial charge in [-0.2, -0.15) is 0 Å². The monoisotopic (exact) mass is 268 g/mol. The van der Waals surface area contributed by atoms with E-state index in [4.69, 9.17) is 4.74 Å². The Morgan fingerprint density at radius 2 is 2.61 bits per heavy atom. The van der Waals surface area contributed by atoms with Crippen molar-refractivity contribution in [3.8, 4) is 0 Å². The zero-order chi connectivity index (χ0) is 12.5. The van der Waals surface area contributed by atoms with Gasteiger partial charge in [0.05, 0.1) is 11.9 Å². The predicted molar refractivity (Wildman–Crippen MR) is 66.1 cm³/mol. The molecule has 1 aliphatic carbocycles. The van der Waals surface area contributed by atoms with E-state index in [9.17, 15) is 4.79 Å². The van der Waals surface area contributed by atoms with Gasteiger partial charge >= 0.3 is 0 Å². The largest absolute Gasteiger partial charge is 0.378 e. The van der Waals surface area contributed by atoms with E-state index < -0.39 is 0 Å². The van der Waals surface area contributed by atoms with Crippen molar-refractivity contribution in [1.82, 2.24) is 20.1 Å². The molecule has 2 fully saturated rings. The van der Waals surface area contributed by atoms with E-state index >= 15 is 0 Å². The Hall–Kier alpha value is -1.08. The maximum Gasteiger partial charge on any atom is 0.230 e. The Kier molecular flexibility index (Phi) is 3.25. The predicted octanol–water partition coefficient (Wildman–Crippen LogP) is 0.201. The molecule has 0 aromatic carbocycles. The third-order valence-electron chi connectivity index (χ3n) is 3.61. The SMILES string of the molecule is Cn1cnnc1SCC(=O)N[C@@H]1C[C@H]2OCC[C@@H]12. The van der Waals surface area contributed by atoms with Gasteiger partial charge in [0.25, 0.3) is 0 Å². The van der Waals surface area contributed by atoms with E-state index in [0.717, 1.165) is 24.6 Å². The standard InChI is InChI=1S/C11H16N4O2S/c1-15-6-12-14-11(15)18-5-10(16)13-8-4-9-7(8)2-3-17-9/h6-9H,2-5H2,1H3,(H,13,16)/t7-,8+,9+/m0/s1. The summed E-state index contributed by atoms with van der Waals surface area (Å²) in [6, 6.07) is 0.310. The number of hydrogen-bond acceptors (Lipinski definition) is 5. The van der Waals surface area contributed by atoms with Crippen LogP contribution in [0.3, 0.4) is 0 Å². The van der Waals surface area contributed by atoms with Crippen LogP contribution < -0.4 is 5.32 Å². The van der Waals surface area contributed by atoms with Crippen LogP contribution in [-0.4, -0.2) is 45.2 Å². The van der Waals surface area contributed by atoms with Crippen LogP contribution in [-0.2, 0) is 16.6 Å². The summed E-state index contributed by atoms with van der Waals surface area (Å²) >= 11 is 1.41. The first kappa shape index (κ1) is 12.0. The van der Waals surface area contributed by atoms with Crippen LogP contribution in [0.5, 0.6) is 0 Å². The third-order valence-corrected chi connectivity index (χ3v) is 4.65. The molecule has 2 heterocycles. The van der Waals surface area contributed by atoms with Crippen molar-refractivity contribution in [2.45, 2.75) is 30.1 Å². The summed E-state index contributed by atoms with van der Waals surface area (Å²) in [5.74, 6) is 0.994. The quantitative estimate of drug-likeness (QED) is 0.790. The Morgan fingerprint density at radius 3 is 3.33 bits per heavy atom. The Balaban J connectivity index is 1.44. The van der Waals surface area contributed by atoms with Gasteiger partial charge < -0.3 is 14.6 Å². The van der Waals surface area contributed by atoms with Gasteiger partial charge in [0, 0.05) is 25.6 Å². The fraction of sp³-hybridized carbons (Fsp3) is 0.727. The van der Waals surface area contributed by atoms with Gasteiger partial charge in [0.2, 0.25) is 5.91 Å². The van der Waals surface area contributed by atoms with Gasteiger partial charge in [-0.05, 0) is 12.8 Å². The minimum Gasteiger partial charge on any atom is -0.378 e. The van der Waals surface area contributed by atoms with E-state index in [1.54, 1.807) is 6.33 Å². The highest BCUT2D eigenvalue weighted by Crippen LogP contribution is 2.38. The molecule has 0 bridgehead atoms. The minimum absolute atomic E-state index is 0.0679. The van der Waals surface area contributed by atoms with Crippen LogP contribution in [0.25, 0.3) is 0 Å². The number of hydrogen-bond donors (Lipinski definition) is 1. The van der Waals surface area contributed by atoms with Gasteiger partial charge in [-0.25, -0.2) is 0 Å². The van der Waals surface area contributed by atoms with Crippen LogP contribution in [0.2, 0.25) is 0 Å². The Morgan fingerprint density at radius 1 is 1.72 bits per heavy atom. The average molecular weight is 268 g/mol. The molecular weight excluding hydrogens is 252 g/mol. The molecule has 98 valence electrons. The number of nitrogens with zero attached hydrogens (tertiary/aromatic N) is 3. The first-order chi connectivity index (χ1) is 8.74. The molecule has 3 rings (SSSR count). The van der Waals surface area contributed by atoms with Crippen molar-refractivity contribution in [3.05, 3.63) is 6.33 Å². The van der Waals surface area contributed by atoms with Crippen molar-refractivity contribution >= 4 is 17.7 Å². The number of thioether (sulfide) groups is 1. The highest BCUT2D eigenvalue weighted by atomic mass is 32.2. The first-order valence-corrected chi connectivity index (χ1v) is 7.10. The molecule has 0 radical (unpaired) electrons. The molecule has 6 nitrogen and oxygen atoms in total. The number of aromatic nitrogens is 3. The van der Waals surface area contributed by atoms with Crippen molar-refractivity contribution in [1.29, 1.82) is 0 Å². The van der Waals surface area contributed by atoms with E-state index in [1.807, 2.05) is 11.6 Å². The number of aryl methyl sites for hydroxylation is 1. The average Bonchev–Trinajstić information content (AvgIpc) is 2.90. The zero-order valence-corrected chi connectivity index (χ0v) is 11.0. The van der Waals surface area contributed by atoms with E-state index in [0.29, 0.717) is 23.8 Å². The molecule has 2 aliphatic rings. The minimum atomic E-state index is 0.0679. The summed E-state index contributed by atoms with van der Waals surface area (Å²) in [4.78, 5) is 11.8.